The van der Waals surface area contributed by atoms with Gasteiger partial charge in [0.05, 0.1) is 12.1 Å². The summed E-state index contributed by atoms with van der Waals surface area (Å²) in [6.07, 6.45) is 3.11. The fraction of sp³-hybridized carbons (Fsp3) is 0.538. The summed E-state index contributed by atoms with van der Waals surface area (Å²) in [5.41, 5.74) is 7.17. The minimum atomic E-state index is -0.0469. The van der Waals surface area contributed by atoms with Crippen LogP contribution in [0.5, 0.6) is 5.75 Å². The second-order valence-electron chi connectivity index (χ2n) is 4.54. The topological polar surface area (TPSA) is 44.5 Å². The summed E-state index contributed by atoms with van der Waals surface area (Å²) in [6.45, 7) is 1.39. The van der Waals surface area contributed by atoms with Crippen LogP contribution < -0.4 is 10.5 Å². The Morgan fingerprint density at radius 3 is 2.41 bits per heavy atom. The number of hydrogen-bond acceptors (Lipinski definition) is 3. The highest BCUT2D eigenvalue weighted by Gasteiger charge is 2.39. The molecule has 4 heteroatoms. The lowest BCUT2D eigenvalue weighted by atomic mass is 10.1. The second kappa shape index (κ2) is 6.24. The van der Waals surface area contributed by atoms with Gasteiger partial charge in [0.2, 0.25) is 0 Å². The van der Waals surface area contributed by atoms with Crippen molar-refractivity contribution in [1.29, 1.82) is 0 Å². The van der Waals surface area contributed by atoms with E-state index in [0.29, 0.717) is 6.61 Å². The molecule has 0 amide bonds. The molecule has 0 radical (unpaired) electrons. The maximum Gasteiger partial charge on any atom is 0.119 e. The summed E-state index contributed by atoms with van der Waals surface area (Å²) in [5, 5.41) is 0. The summed E-state index contributed by atoms with van der Waals surface area (Å²) >= 11 is 0. The van der Waals surface area contributed by atoms with Crippen molar-refractivity contribution in [1.82, 2.24) is 0 Å². The molecular weight excluding hydrogens is 238 g/mol. The molecular formula is C13H20ClNO2. The fourth-order valence-corrected chi connectivity index (χ4v) is 1.50. The molecule has 1 aliphatic rings. The molecule has 0 bridgehead atoms. The highest BCUT2D eigenvalue weighted by Crippen LogP contribution is 2.32. The smallest absolute Gasteiger partial charge is 0.119 e. The highest BCUT2D eigenvalue weighted by atomic mass is 35.5. The van der Waals surface area contributed by atoms with Gasteiger partial charge >= 0.3 is 0 Å². The predicted octanol–water partition coefficient (Wildman–Crippen LogP) is 2.17. The van der Waals surface area contributed by atoms with E-state index in [9.17, 15) is 0 Å². The minimum absolute atomic E-state index is 0. The SMILES string of the molecule is COCCc1ccc(OCC2(N)CC2)cc1.Cl. The number of halogens is 1. The van der Waals surface area contributed by atoms with E-state index >= 15 is 0 Å². The zero-order valence-corrected chi connectivity index (χ0v) is 11.0. The molecule has 0 saturated heterocycles. The first kappa shape index (κ1) is 14.3. The van der Waals surface area contributed by atoms with Gasteiger partial charge in [-0.2, -0.15) is 0 Å². The third kappa shape index (κ3) is 4.54. The fourth-order valence-electron chi connectivity index (χ4n) is 1.50. The maximum absolute atomic E-state index is 5.95. The Balaban J connectivity index is 0.00000144. The number of methoxy groups -OCH3 is 1. The Labute approximate surface area is 109 Å². The Kier molecular flexibility index (Phi) is 5.25. The Bertz CT molecular complexity index is 336. The molecule has 0 aliphatic heterocycles. The van der Waals surface area contributed by atoms with Crippen LogP contribution in [0.15, 0.2) is 24.3 Å². The molecule has 1 aromatic rings. The monoisotopic (exact) mass is 257 g/mol. The van der Waals surface area contributed by atoms with E-state index < -0.39 is 0 Å². The van der Waals surface area contributed by atoms with Crippen molar-refractivity contribution < 1.29 is 9.47 Å². The lowest BCUT2D eigenvalue weighted by Gasteiger charge is -2.11. The van der Waals surface area contributed by atoms with Crippen LogP contribution in [0.4, 0.5) is 0 Å². The summed E-state index contributed by atoms with van der Waals surface area (Å²) in [6, 6.07) is 8.14. The van der Waals surface area contributed by atoms with Gasteiger partial charge in [0.15, 0.2) is 0 Å². The van der Waals surface area contributed by atoms with Crippen molar-refractivity contribution in [3.05, 3.63) is 29.8 Å². The second-order valence-corrected chi connectivity index (χ2v) is 4.54. The van der Waals surface area contributed by atoms with Crippen LogP contribution in [0.1, 0.15) is 18.4 Å². The van der Waals surface area contributed by atoms with E-state index in [1.807, 2.05) is 12.1 Å². The van der Waals surface area contributed by atoms with Crippen molar-refractivity contribution in [2.24, 2.45) is 5.73 Å². The van der Waals surface area contributed by atoms with Gasteiger partial charge in [0, 0.05) is 7.11 Å². The van der Waals surface area contributed by atoms with Crippen LogP contribution in [0.2, 0.25) is 0 Å². The molecule has 0 unspecified atom stereocenters. The lowest BCUT2D eigenvalue weighted by molar-refractivity contribution is 0.202. The molecule has 2 N–H and O–H groups in total. The molecule has 1 aromatic carbocycles. The van der Waals surface area contributed by atoms with E-state index in [1.54, 1.807) is 7.11 Å². The third-order valence-corrected chi connectivity index (χ3v) is 2.94. The van der Waals surface area contributed by atoms with Gasteiger partial charge in [-0.05, 0) is 37.0 Å². The Morgan fingerprint density at radius 1 is 1.24 bits per heavy atom. The van der Waals surface area contributed by atoms with Crippen LogP contribution in [0.25, 0.3) is 0 Å². The molecule has 0 spiro atoms. The minimum Gasteiger partial charge on any atom is -0.492 e. The number of benzene rings is 1. The molecule has 3 nitrogen and oxygen atoms in total. The number of hydrogen-bond donors (Lipinski definition) is 1. The van der Waals surface area contributed by atoms with Gasteiger partial charge in [-0.3, -0.25) is 0 Å². The summed E-state index contributed by atoms with van der Waals surface area (Å²) in [7, 11) is 1.72. The van der Waals surface area contributed by atoms with Crippen molar-refractivity contribution in [2.45, 2.75) is 24.8 Å². The molecule has 0 heterocycles. The Morgan fingerprint density at radius 2 is 1.88 bits per heavy atom. The first-order valence-corrected chi connectivity index (χ1v) is 5.71. The van der Waals surface area contributed by atoms with Gasteiger partial charge in [-0.25, -0.2) is 0 Å². The standard InChI is InChI=1S/C13H19NO2.ClH/c1-15-9-6-11-2-4-12(5-3-11)16-10-13(14)7-8-13;/h2-5H,6-10,14H2,1H3;1H. The number of ether oxygens (including phenoxy) is 2. The first-order valence-electron chi connectivity index (χ1n) is 5.71. The largest absolute Gasteiger partial charge is 0.492 e. The van der Waals surface area contributed by atoms with Crippen LogP contribution in [-0.4, -0.2) is 25.9 Å². The van der Waals surface area contributed by atoms with E-state index in [2.05, 4.69) is 12.1 Å². The van der Waals surface area contributed by atoms with E-state index in [-0.39, 0.29) is 17.9 Å². The van der Waals surface area contributed by atoms with Crippen LogP contribution in [0, 0.1) is 0 Å². The number of rotatable bonds is 6. The Hall–Kier alpha value is -0.770. The average Bonchev–Trinajstić information content (AvgIpc) is 3.04. The van der Waals surface area contributed by atoms with Crippen LogP contribution >= 0.6 is 12.4 Å². The molecule has 2 rings (SSSR count). The molecule has 1 saturated carbocycles. The first-order chi connectivity index (χ1) is 7.72. The summed E-state index contributed by atoms with van der Waals surface area (Å²) < 4.78 is 10.7. The average molecular weight is 258 g/mol. The zero-order valence-electron chi connectivity index (χ0n) is 10.1. The predicted molar refractivity (Wildman–Crippen MR) is 70.9 cm³/mol. The molecule has 0 aromatic heterocycles. The van der Waals surface area contributed by atoms with Gasteiger partial charge in [0.25, 0.3) is 0 Å². The number of nitrogens with two attached hydrogens (primary N) is 1. The van der Waals surface area contributed by atoms with Crippen molar-refractivity contribution in [2.75, 3.05) is 20.3 Å². The molecule has 96 valence electrons. The van der Waals surface area contributed by atoms with Gasteiger partial charge in [-0.15, -0.1) is 12.4 Å². The van der Waals surface area contributed by atoms with E-state index in [4.69, 9.17) is 15.2 Å². The molecule has 17 heavy (non-hydrogen) atoms. The molecule has 1 fully saturated rings. The van der Waals surface area contributed by atoms with Crippen LogP contribution in [-0.2, 0) is 11.2 Å². The normalized spacial score (nSPS) is 16.1. The van der Waals surface area contributed by atoms with Crippen molar-refractivity contribution >= 4 is 12.4 Å². The highest BCUT2D eigenvalue weighted by molar-refractivity contribution is 5.85. The van der Waals surface area contributed by atoms with E-state index in [1.165, 1.54) is 5.56 Å². The summed E-state index contributed by atoms with van der Waals surface area (Å²) in [5.74, 6) is 0.901. The van der Waals surface area contributed by atoms with Crippen molar-refractivity contribution in [3.8, 4) is 5.75 Å². The third-order valence-electron chi connectivity index (χ3n) is 2.94. The van der Waals surface area contributed by atoms with Crippen LogP contribution in [0.3, 0.4) is 0 Å². The van der Waals surface area contributed by atoms with E-state index in [0.717, 1.165) is 31.6 Å². The lowest BCUT2D eigenvalue weighted by Crippen LogP contribution is -2.29. The maximum atomic E-state index is 5.95. The molecule has 1 aliphatic carbocycles. The zero-order chi connectivity index (χ0) is 11.4. The molecule has 0 atom stereocenters. The van der Waals surface area contributed by atoms with Gasteiger partial charge in [-0.1, -0.05) is 12.1 Å². The van der Waals surface area contributed by atoms with Crippen molar-refractivity contribution in [3.63, 3.8) is 0 Å². The van der Waals surface area contributed by atoms with Gasteiger partial charge in [0.1, 0.15) is 12.4 Å². The quantitative estimate of drug-likeness (QED) is 0.850. The van der Waals surface area contributed by atoms with Gasteiger partial charge < -0.3 is 15.2 Å². The summed E-state index contributed by atoms with van der Waals surface area (Å²) in [4.78, 5) is 0.